The van der Waals surface area contributed by atoms with E-state index in [0.29, 0.717) is 37.4 Å². The third-order valence-electron chi connectivity index (χ3n) is 4.85. The summed E-state index contributed by atoms with van der Waals surface area (Å²) in [6.45, 7) is 2.95. The second-order valence-electron chi connectivity index (χ2n) is 6.85. The first kappa shape index (κ1) is 21.0. The largest absolute Gasteiger partial charge is 0.509 e. The Kier molecular flexibility index (Phi) is 6.80. The van der Waals surface area contributed by atoms with E-state index in [1.807, 2.05) is 24.0 Å². The van der Waals surface area contributed by atoms with Gasteiger partial charge in [0.05, 0.1) is 12.0 Å². The van der Waals surface area contributed by atoms with Crippen LogP contribution in [0.25, 0.3) is 0 Å². The first-order chi connectivity index (χ1) is 14.5. The molecule has 0 amide bonds. The van der Waals surface area contributed by atoms with Gasteiger partial charge in [-0.15, -0.1) is 0 Å². The van der Waals surface area contributed by atoms with Crippen molar-refractivity contribution in [2.45, 2.75) is 25.9 Å². The Morgan fingerprint density at radius 2 is 2.07 bits per heavy atom. The zero-order valence-corrected chi connectivity index (χ0v) is 16.8. The molecule has 2 aromatic rings. The maximum Gasteiger partial charge on any atom is 0.509 e. The van der Waals surface area contributed by atoms with Crippen LogP contribution in [-0.4, -0.2) is 47.3 Å². The summed E-state index contributed by atoms with van der Waals surface area (Å²) in [5, 5.41) is 11.3. The van der Waals surface area contributed by atoms with E-state index >= 15 is 0 Å². The second-order valence-corrected chi connectivity index (χ2v) is 6.85. The van der Waals surface area contributed by atoms with Crippen LogP contribution in [-0.2, 0) is 9.47 Å². The number of carbonyl (C=O) groups excluding carboxylic acids is 1. The van der Waals surface area contributed by atoms with Gasteiger partial charge in [0, 0.05) is 37.0 Å². The standard InChI is InChI=1S/C21H22N4O5/c1-15-5-3-6-17(23-15)8-9-19(30-21(26)29-2)16-10-13-24(14-11-16)20-18(25(27)28)7-4-12-22-20/h3-7,12,16,19H,10-11,13-14H2,1-2H3. The summed E-state index contributed by atoms with van der Waals surface area (Å²) in [5.74, 6) is 6.28. The molecule has 0 aromatic carbocycles. The van der Waals surface area contributed by atoms with Crippen LogP contribution in [0, 0.1) is 34.8 Å². The minimum atomic E-state index is -0.797. The molecule has 156 valence electrons. The third-order valence-corrected chi connectivity index (χ3v) is 4.85. The highest BCUT2D eigenvalue weighted by molar-refractivity contribution is 5.60. The molecule has 0 N–H and O–H groups in total. The van der Waals surface area contributed by atoms with E-state index < -0.39 is 17.2 Å². The summed E-state index contributed by atoms with van der Waals surface area (Å²) in [7, 11) is 1.25. The summed E-state index contributed by atoms with van der Waals surface area (Å²) in [4.78, 5) is 33.0. The Hall–Kier alpha value is -3.67. The average molecular weight is 410 g/mol. The Labute approximate surface area is 174 Å². The van der Waals surface area contributed by atoms with E-state index in [9.17, 15) is 14.9 Å². The van der Waals surface area contributed by atoms with Crippen LogP contribution in [0.2, 0.25) is 0 Å². The van der Waals surface area contributed by atoms with Crippen LogP contribution in [0.3, 0.4) is 0 Å². The topological polar surface area (TPSA) is 108 Å². The molecule has 3 rings (SSSR count). The first-order valence-electron chi connectivity index (χ1n) is 9.52. The van der Waals surface area contributed by atoms with Crippen LogP contribution in [0.1, 0.15) is 24.2 Å². The number of anilines is 1. The number of piperidine rings is 1. The molecule has 1 atom stereocenters. The third kappa shape index (κ3) is 5.23. The normalized spacial score (nSPS) is 14.9. The van der Waals surface area contributed by atoms with Crippen LogP contribution in [0.15, 0.2) is 36.5 Å². The molecule has 1 aliphatic rings. The van der Waals surface area contributed by atoms with Gasteiger partial charge in [-0.2, -0.15) is 0 Å². The van der Waals surface area contributed by atoms with Crippen molar-refractivity contribution in [1.29, 1.82) is 0 Å². The molecule has 9 nitrogen and oxygen atoms in total. The van der Waals surface area contributed by atoms with Gasteiger partial charge >= 0.3 is 11.8 Å². The molecule has 30 heavy (non-hydrogen) atoms. The number of pyridine rings is 2. The van der Waals surface area contributed by atoms with Crippen molar-refractivity contribution in [3.05, 3.63) is 58.0 Å². The molecule has 0 spiro atoms. The molecule has 0 bridgehead atoms. The number of nitrogens with zero attached hydrogens (tertiary/aromatic N) is 4. The van der Waals surface area contributed by atoms with Gasteiger partial charge < -0.3 is 14.4 Å². The van der Waals surface area contributed by atoms with E-state index in [-0.39, 0.29) is 11.6 Å². The van der Waals surface area contributed by atoms with Crippen LogP contribution >= 0.6 is 0 Å². The molecular weight excluding hydrogens is 388 g/mol. The van der Waals surface area contributed by atoms with Gasteiger partial charge in [-0.3, -0.25) is 10.1 Å². The lowest BCUT2D eigenvalue weighted by Crippen LogP contribution is -2.39. The molecule has 1 fully saturated rings. The summed E-state index contributed by atoms with van der Waals surface area (Å²) >= 11 is 0. The molecule has 1 unspecified atom stereocenters. The van der Waals surface area contributed by atoms with E-state index in [1.54, 1.807) is 12.1 Å². The molecule has 0 saturated carbocycles. The van der Waals surface area contributed by atoms with Crippen molar-refractivity contribution in [3.63, 3.8) is 0 Å². The molecule has 9 heteroatoms. The number of hydrogen-bond acceptors (Lipinski definition) is 8. The van der Waals surface area contributed by atoms with Gasteiger partial charge in [-0.25, -0.2) is 14.8 Å². The fourth-order valence-electron chi connectivity index (χ4n) is 3.34. The van der Waals surface area contributed by atoms with E-state index in [0.717, 1.165) is 5.69 Å². The van der Waals surface area contributed by atoms with Crippen LogP contribution < -0.4 is 4.90 Å². The highest BCUT2D eigenvalue weighted by atomic mass is 16.7. The fraction of sp³-hybridized carbons (Fsp3) is 0.381. The molecule has 1 saturated heterocycles. The summed E-state index contributed by atoms with van der Waals surface area (Å²) in [6, 6.07) is 8.51. The maximum absolute atomic E-state index is 11.7. The smallest absolute Gasteiger partial charge is 0.438 e. The van der Waals surface area contributed by atoms with Crippen LogP contribution in [0.4, 0.5) is 16.3 Å². The average Bonchev–Trinajstić information content (AvgIpc) is 2.76. The zero-order chi connectivity index (χ0) is 21.5. The van der Waals surface area contributed by atoms with Crippen molar-refractivity contribution >= 4 is 17.7 Å². The minimum absolute atomic E-state index is 0.0244. The number of aryl methyl sites for hydroxylation is 1. The quantitative estimate of drug-likeness (QED) is 0.327. The number of rotatable bonds is 4. The summed E-state index contributed by atoms with van der Waals surface area (Å²) in [6.07, 6.45) is 1.34. The Balaban J connectivity index is 1.74. The predicted octanol–water partition coefficient (Wildman–Crippen LogP) is 3.11. The number of nitro groups is 1. The van der Waals surface area contributed by atoms with Gasteiger partial charge in [-0.1, -0.05) is 12.0 Å². The molecule has 3 heterocycles. The van der Waals surface area contributed by atoms with Crippen molar-refractivity contribution in [2.24, 2.45) is 5.92 Å². The Morgan fingerprint density at radius 3 is 2.73 bits per heavy atom. The molecule has 0 radical (unpaired) electrons. The van der Waals surface area contributed by atoms with Crippen molar-refractivity contribution < 1.29 is 19.2 Å². The van der Waals surface area contributed by atoms with Crippen molar-refractivity contribution in [1.82, 2.24) is 9.97 Å². The fourth-order valence-corrected chi connectivity index (χ4v) is 3.34. The van der Waals surface area contributed by atoms with Gasteiger partial charge in [-0.05, 0) is 43.9 Å². The number of carbonyl (C=O) groups is 1. The lowest BCUT2D eigenvalue weighted by Gasteiger charge is -2.34. The second kappa shape index (κ2) is 9.69. The van der Waals surface area contributed by atoms with E-state index in [2.05, 4.69) is 26.5 Å². The van der Waals surface area contributed by atoms with E-state index in [4.69, 9.17) is 4.74 Å². The van der Waals surface area contributed by atoms with Gasteiger partial charge in [0.2, 0.25) is 5.82 Å². The molecule has 2 aromatic heterocycles. The minimum Gasteiger partial charge on any atom is -0.438 e. The summed E-state index contributed by atoms with van der Waals surface area (Å²) < 4.78 is 10.0. The number of methoxy groups -OCH3 is 1. The number of hydrogen-bond donors (Lipinski definition) is 0. The van der Waals surface area contributed by atoms with Gasteiger partial charge in [0.25, 0.3) is 0 Å². The maximum atomic E-state index is 11.7. The highest BCUT2D eigenvalue weighted by Crippen LogP contribution is 2.30. The first-order valence-corrected chi connectivity index (χ1v) is 9.52. The zero-order valence-electron chi connectivity index (χ0n) is 16.8. The SMILES string of the molecule is COC(=O)OC(C#Cc1cccc(C)n1)C1CCN(c2ncccc2[N+](=O)[O-])CC1. The monoisotopic (exact) mass is 410 g/mol. The lowest BCUT2D eigenvalue weighted by molar-refractivity contribution is -0.384. The Morgan fingerprint density at radius 1 is 1.30 bits per heavy atom. The van der Waals surface area contributed by atoms with Crippen molar-refractivity contribution in [2.75, 3.05) is 25.1 Å². The molecule has 1 aliphatic heterocycles. The van der Waals surface area contributed by atoms with E-state index in [1.165, 1.54) is 19.4 Å². The molecule has 0 aliphatic carbocycles. The number of ether oxygens (including phenoxy) is 2. The van der Waals surface area contributed by atoms with Crippen molar-refractivity contribution in [3.8, 4) is 11.8 Å². The van der Waals surface area contributed by atoms with Crippen LogP contribution in [0.5, 0.6) is 0 Å². The predicted molar refractivity (Wildman–Crippen MR) is 109 cm³/mol. The Bertz CT molecular complexity index is 977. The lowest BCUT2D eigenvalue weighted by atomic mass is 9.91. The number of aromatic nitrogens is 2. The van der Waals surface area contributed by atoms with Gasteiger partial charge in [0.1, 0.15) is 5.69 Å². The summed E-state index contributed by atoms with van der Waals surface area (Å²) in [5.41, 5.74) is 1.41. The van der Waals surface area contributed by atoms with Gasteiger partial charge in [0.15, 0.2) is 6.10 Å². The molecular formula is C21H22N4O5. The highest BCUT2D eigenvalue weighted by Gasteiger charge is 2.31.